The molecule has 0 aliphatic carbocycles. The van der Waals surface area contributed by atoms with Crippen molar-refractivity contribution in [2.75, 3.05) is 21.2 Å². The summed E-state index contributed by atoms with van der Waals surface area (Å²) in [6.07, 6.45) is 0. The van der Waals surface area contributed by atoms with Gasteiger partial charge in [0, 0.05) is 19.7 Å². The number of hydrogen-bond donors (Lipinski definition) is 0. The minimum atomic E-state index is 0.508. The lowest BCUT2D eigenvalue weighted by molar-refractivity contribution is 0.284. The highest BCUT2D eigenvalue weighted by atomic mass is 32.1. The third kappa shape index (κ3) is 3.98. The molecule has 0 saturated carbocycles. The molecule has 0 atom stereocenters. The molecule has 22 heavy (non-hydrogen) atoms. The summed E-state index contributed by atoms with van der Waals surface area (Å²) in [4.78, 5) is 2.67. The molecule has 0 unspecified atom stereocenters. The molecule has 2 rings (SSSR count). The molecule has 2 aromatic carbocycles. The summed E-state index contributed by atoms with van der Waals surface area (Å²) >= 11 is 5.38. The maximum Gasteiger partial charge on any atom is 0.161 e. The van der Waals surface area contributed by atoms with Gasteiger partial charge >= 0.3 is 0 Å². The van der Waals surface area contributed by atoms with Gasteiger partial charge in [0.25, 0.3) is 0 Å². The molecule has 0 radical (unpaired) electrons. The number of ether oxygens (including phenoxy) is 2. The molecule has 0 amide bonds. The second-order valence-electron chi connectivity index (χ2n) is 5.34. The quantitative estimate of drug-likeness (QED) is 0.782. The minimum Gasteiger partial charge on any atom is -0.493 e. The molecule has 0 spiro atoms. The topological polar surface area (TPSA) is 21.7 Å². The normalized spacial score (nSPS) is 10.2. The van der Waals surface area contributed by atoms with Crippen LogP contribution in [0.5, 0.6) is 11.5 Å². The second kappa shape index (κ2) is 7.27. The fraction of sp³-hybridized carbons (Fsp3) is 0.278. The number of benzene rings is 2. The summed E-state index contributed by atoms with van der Waals surface area (Å²) in [7, 11) is 5.49. The van der Waals surface area contributed by atoms with Gasteiger partial charge < -0.3 is 14.4 Å². The number of nitrogens with zero attached hydrogens (tertiary/aromatic N) is 1. The summed E-state index contributed by atoms with van der Waals surface area (Å²) in [6.45, 7) is 2.58. The van der Waals surface area contributed by atoms with E-state index in [0.29, 0.717) is 18.1 Å². The average molecular weight is 315 g/mol. The van der Waals surface area contributed by atoms with Gasteiger partial charge in [-0.25, -0.2) is 0 Å². The molecule has 2 aromatic rings. The Labute approximate surface area is 137 Å². The summed E-state index contributed by atoms with van der Waals surface area (Å²) < 4.78 is 11.3. The predicted molar refractivity (Wildman–Crippen MR) is 93.9 cm³/mol. The van der Waals surface area contributed by atoms with Gasteiger partial charge in [0.2, 0.25) is 0 Å². The highest BCUT2D eigenvalue weighted by Crippen LogP contribution is 2.29. The van der Waals surface area contributed by atoms with Gasteiger partial charge in [0.15, 0.2) is 11.5 Å². The van der Waals surface area contributed by atoms with E-state index in [1.807, 2.05) is 37.2 Å². The number of aryl methyl sites for hydroxylation is 1. The van der Waals surface area contributed by atoms with Gasteiger partial charge in [0.05, 0.1) is 7.11 Å². The van der Waals surface area contributed by atoms with Crippen LogP contribution in [0.15, 0.2) is 42.5 Å². The van der Waals surface area contributed by atoms with Gasteiger partial charge in [-0.3, -0.25) is 0 Å². The average Bonchev–Trinajstić information content (AvgIpc) is 2.53. The van der Waals surface area contributed by atoms with Gasteiger partial charge in [-0.1, -0.05) is 42.0 Å². The molecule has 4 heteroatoms. The molecule has 0 aromatic heterocycles. The third-order valence-corrected chi connectivity index (χ3v) is 3.93. The van der Waals surface area contributed by atoms with Crippen LogP contribution < -0.4 is 9.47 Å². The monoisotopic (exact) mass is 315 g/mol. The van der Waals surface area contributed by atoms with Crippen LogP contribution in [0.1, 0.15) is 16.7 Å². The van der Waals surface area contributed by atoms with Crippen LogP contribution in [0.25, 0.3) is 0 Å². The number of rotatable bonds is 5. The van der Waals surface area contributed by atoms with Crippen LogP contribution in [0.3, 0.4) is 0 Å². The zero-order valence-corrected chi connectivity index (χ0v) is 14.2. The maximum atomic E-state index is 5.87. The summed E-state index contributed by atoms with van der Waals surface area (Å²) in [5.41, 5.74) is 3.31. The Kier molecular flexibility index (Phi) is 5.39. The molecule has 0 aliphatic rings. The Morgan fingerprint density at radius 3 is 2.32 bits per heavy atom. The van der Waals surface area contributed by atoms with E-state index in [1.165, 1.54) is 5.56 Å². The molecule has 0 fully saturated rings. The molecule has 0 N–H and O–H groups in total. The van der Waals surface area contributed by atoms with E-state index < -0.39 is 0 Å². The molecule has 0 aliphatic heterocycles. The first-order valence-corrected chi connectivity index (χ1v) is 7.50. The lowest BCUT2D eigenvalue weighted by Gasteiger charge is -2.16. The van der Waals surface area contributed by atoms with Crippen LogP contribution in [0, 0.1) is 6.92 Å². The van der Waals surface area contributed by atoms with E-state index in [4.69, 9.17) is 21.7 Å². The van der Waals surface area contributed by atoms with Crippen molar-refractivity contribution in [3.63, 3.8) is 0 Å². The minimum absolute atomic E-state index is 0.508. The first-order chi connectivity index (χ1) is 10.5. The van der Waals surface area contributed by atoms with Crippen molar-refractivity contribution in [2.24, 2.45) is 0 Å². The summed E-state index contributed by atoms with van der Waals surface area (Å²) in [5, 5.41) is 0. The molecule has 0 heterocycles. The predicted octanol–water partition coefficient (Wildman–Crippen LogP) is 3.82. The van der Waals surface area contributed by atoms with Crippen molar-refractivity contribution in [3.05, 3.63) is 59.2 Å². The van der Waals surface area contributed by atoms with E-state index in [-0.39, 0.29) is 0 Å². The van der Waals surface area contributed by atoms with Gasteiger partial charge in [-0.05, 0) is 30.7 Å². The standard InChI is InChI=1S/C18H21NO2S/c1-13-5-7-14(8-6-13)12-21-16-10-9-15(11-17(16)20-4)18(22)19(2)3/h5-11H,12H2,1-4H3. The van der Waals surface area contributed by atoms with Crippen LogP contribution in [-0.2, 0) is 6.61 Å². The highest BCUT2D eigenvalue weighted by Gasteiger charge is 2.10. The zero-order chi connectivity index (χ0) is 16.1. The lowest BCUT2D eigenvalue weighted by atomic mass is 10.1. The van der Waals surface area contributed by atoms with Crippen molar-refractivity contribution in [3.8, 4) is 11.5 Å². The molecular formula is C18H21NO2S. The first kappa shape index (κ1) is 16.3. The Balaban J connectivity index is 2.13. The summed E-state index contributed by atoms with van der Waals surface area (Å²) in [6, 6.07) is 14.1. The molecule has 116 valence electrons. The maximum absolute atomic E-state index is 5.87. The SMILES string of the molecule is COc1cc(C(=S)N(C)C)ccc1OCc1ccc(C)cc1. The number of hydrogen-bond acceptors (Lipinski definition) is 3. The third-order valence-electron chi connectivity index (χ3n) is 3.33. The molecule has 0 saturated heterocycles. The van der Waals surface area contributed by atoms with Gasteiger partial charge in [-0.15, -0.1) is 0 Å². The van der Waals surface area contributed by atoms with E-state index in [0.717, 1.165) is 16.1 Å². The lowest BCUT2D eigenvalue weighted by Crippen LogP contribution is -2.20. The zero-order valence-electron chi connectivity index (χ0n) is 13.4. The number of thiocarbonyl (C=S) groups is 1. The van der Waals surface area contributed by atoms with Crippen molar-refractivity contribution >= 4 is 17.2 Å². The Bertz CT molecular complexity index is 651. The Morgan fingerprint density at radius 1 is 1.05 bits per heavy atom. The van der Waals surface area contributed by atoms with Crippen LogP contribution >= 0.6 is 12.2 Å². The van der Waals surface area contributed by atoms with Crippen LogP contribution in [0.4, 0.5) is 0 Å². The smallest absolute Gasteiger partial charge is 0.161 e. The van der Waals surface area contributed by atoms with Crippen LogP contribution in [-0.4, -0.2) is 31.1 Å². The summed E-state index contributed by atoms with van der Waals surface area (Å²) in [5.74, 6) is 1.40. The second-order valence-corrected chi connectivity index (χ2v) is 5.73. The molecular weight excluding hydrogens is 294 g/mol. The van der Waals surface area contributed by atoms with E-state index in [1.54, 1.807) is 7.11 Å². The molecule has 0 bridgehead atoms. The van der Waals surface area contributed by atoms with E-state index in [2.05, 4.69) is 31.2 Å². The van der Waals surface area contributed by atoms with Crippen molar-refractivity contribution in [1.82, 2.24) is 4.90 Å². The van der Waals surface area contributed by atoms with E-state index in [9.17, 15) is 0 Å². The van der Waals surface area contributed by atoms with Crippen molar-refractivity contribution in [2.45, 2.75) is 13.5 Å². The van der Waals surface area contributed by atoms with Crippen LogP contribution in [0.2, 0.25) is 0 Å². The molecule has 3 nitrogen and oxygen atoms in total. The number of methoxy groups -OCH3 is 1. The van der Waals surface area contributed by atoms with Gasteiger partial charge in [0.1, 0.15) is 11.6 Å². The largest absolute Gasteiger partial charge is 0.493 e. The van der Waals surface area contributed by atoms with Crippen molar-refractivity contribution < 1.29 is 9.47 Å². The first-order valence-electron chi connectivity index (χ1n) is 7.09. The Hall–Kier alpha value is -2.07. The van der Waals surface area contributed by atoms with Gasteiger partial charge in [-0.2, -0.15) is 0 Å². The fourth-order valence-electron chi connectivity index (χ4n) is 2.02. The van der Waals surface area contributed by atoms with E-state index >= 15 is 0 Å². The van der Waals surface area contributed by atoms with Crippen molar-refractivity contribution in [1.29, 1.82) is 0 Å². The Morgan fingerprint density at radius 2 is 1.73 bits per heavy atom. The fourth-order valence-corrected chi connectivity index (χ4v) is 2.15. The highest BCUT2D eigenvalue weighted by molar-refractivity contribution is 7.80.